The fourth-order valence-corrected chi connectivity index (χ4v) is 4.71. The number of hydrogen-bond acceptors (Lipinski definition) is 12. The lowest BCUT2D eigenvalue weighted by Gasteiger charge is -2.11. The molecule has 4 aromatic rings. The van der Waals surface area contributed by atoms with Crippen LogP contribution in [0.4, 0.5) is 28.4 Å². The number of nitrogens with zero attached hydrogens (tertiary/aromatic N) is 4. The minimum Gasteiger partial charge on any atom is -0.505 e. The molecule has 0 radical (unpaired) electrons. The average molecular weight is 588 g/mol. The minimum absolute atomic E-state index is 0.0455. The van der Waals surface area contributed by atoms with Crippen molar-refractivity contribution in [2.75, 3.05) is 20.0 Å². The van der Waals surface area contributed by atoms with E-state index in [9.17, 15) is 26.5 Å². The van der Waals surface area contributed by atoms with E-state index in [2.05, 4.69) is 20.5 Å². The number of nitrogen functional groups attached to an aromatic ring is 1. The van der Waals surface area contributed by atoms with Gasteiger partial charge in [0.25, 0.3) is 20.2 Å². The summed E-state index contributed by atoms with van der Waals surface area (Å²) in [4.78, 5) is -0.985. The van der Waals surface area contributed by atoms with Gasteiger partial charge in [-0.1, -0.05) is 6.07 Å². The van der Waals surface area contributed by atoms with Gasteiger partial charge in [0.15, 0.2) is 5.75 Å². The van der Waals surface area contributed by atoms with Crippen molar-refractivity contribution in [2.45, 2.75) is 9.79 Å². The van der Waals surface area contributed by atoms with Gasteiger partial charge in [-0.2, -0.15) is 21.9 Å². The van der Waals surface area contributed by atoms with Gasteiger partial charge in [-0.05, 0) is 47.9 Å². The molecule has 0 aliphatic carbocycles. The Morgan fingerprint density at radius 1 is 0.725 bits per heavy atom. The summed E-state index contributed by atoms with van der Waals surface area (Å²) >= 11 is 0. The molecular weight excluding hydrogens is 566 g/mol. The van der Waals surface area contributed by atoms with E-state index < -0.39 is 36.6 Å². The Labute approximate surface area is 227 Å². The van der Waals surface area contributed by atoms with Crippen molar-refractivity contribution in [3.63, 3.8) is 0 Å². The summed E-state index contributed by atoms with van der Waals surface area (Å²) in [6.45, 7) is 0. The van der Waals surface area contributed by atoms with Crippen LogP contribution in [0, 0.1) is 0 Å². The first kappa shape index (κ1) is 28.4. The fourth-order valence-electron chi connectivity index (χ4n) is 3.57. The zero-order chi connectivity index (χ0) is 29.2. The number of rotatable bonds is 8. The van der Waals surface area contributed by atoms with E-state index in [1.807, 2.05) is 0 Å². The Bertz CT molecular complexity index is 1890. The van der Waals surface area contributed by atoms with Gasteiger partial charge in [-0.15, -0.1) is 15.3 Å². The predicted molar refractivity (Wildman–Crippen MR) is 144 cm³/mol. The number of fused-ring (bicyclic) bond motifs is 1. The van der Waals surface area contributed by atoms with Crippen LogP contribution in [0.1, 0.15) is 0 Å². The number of hydrogen-bond donors (Lipinski definition) is 4. The van der Waals surface area contributed by atoms with E-state index in [0.717, 1.165) is 18.2 Å². The molecule has 208 valence electrons. The highest BCUT2D eigenvalue weighted by Crippen LogP contribution is 2.44. The van der Waals surface area contributed by atoms with Crippen LogP contribution in [0.15, 0.2) is 90.9 Å². The van der Waals surface area contributed by atoms with Crippen LogP contribution in [-0.2, 0) is 20.2 Å². The molecule has 0 fully saturated rings. The van der Waals surface area contributed by atoms with Crippen molar-refractivity contribution in [1.82, 2.24) is 0 Å². The van der Waals surface area contributed by atoms with Gasteiger partial charge in [0.05, 0.1) is 24.8 Å². The number of ether oxygens (including phenoxy) is 2. The Morgan fingerprint density at radius 3 is 1.82 bits per heavy atom. The van der Waals surface area contributed by atoms with E-state index in [0.29, 0.717) is 11.1 Å². The smallest absolute Gasteiger partial charge is 0.296 e. The summed E-state index contributed by atoms with van der Waals surface area (Å²) in [7, 11) is -6.50. The first-order valence-corrected chi connectivity index (χ1v) is 13.9. The van der Waals surface area contributed by atoms with Gasteiger partial charge in [0, 0.05) is 23.2 Å². The second-order valence-corrected chi connectivity index (χ2v) is 10.9. The highest BCUT2D eigenvalue weighted by molar-refractivity contribution is 7.86. The summed E-state index contributed by atoms with van der Waals surface area (Å²) in [5.41, 5.74) is 6.05. The lowest BCUT2D eigenvalue weighted by Crippen LogP contribution is -1.99. The predicted octanol–water partition coefficient (Wildman–Crippen LogP) is 5.47. The van der Waals surface area contributed by atoms with Crippen molar-refractivity contribution in [3.8, 4) is 17.2 Å². The van der Waals surface area contributed by atoms with Crippen molar-refractivity contribution in [3.05, 3.63) is 60.7 Å². The van der Waals surface area contributed by atoms with Crippen molar-refractivity contribution in [1.29, 1.82) is 0 Å². The zero-order valence-corrected chi connectivity index (χ0v) is 22.4. The van der Waals surface area contributed by atoms with Crippen molar-refractivity contribution in [2.24, 2.45) is 20.5 Å². The topological polar surface area (TPSA) is 223 Å². The second-order valence-electron chi connectivity index (χ2n) is 8.09. The van der Waals surface area contributed by atoms with E-state index in [1.54, 1.807) is 0 Å². The van der Waals surface area contributed by atoms with E-state index in [-0.39, 0.29) is 38.8 Å². The summed E-state index contributed by atoms with van der Waals surface area (Å²) in [5, 5.41) is 27.3. The fraction of sp³-hybridized carbons (Fsp3) is 0.0833. The average Bonchev–Trinajstić information content (AvgIpc) is 2.90. The standard InChI is InChI=1S/C24H21N5O9S2/c1-37-20-12-19(21(38-2)11-18(20)27-26-15-5-7-16(8-6-15)39(31,32)33)28-29-23-22(40(34,35)36)9-13-3-4-14(25)10-17(13)24(23)30/h3-12,30H,25H2,1-2H3,(H,31,32,33)(H,34,35,36)/b27-26+,29-28+. The summed E-state index contributed by atoms with van der Waals surface area (Å²) < 4.78 is 76.1. The molecule has 0 amide bonds. The van der Waals surface area contributed by atoms with Gasteiger partial charge >= 0.3 is 0 Å². The molecular formula is C24H21N5O9S2. The summed E-state index contributed by atoms with van der Waals surface area (Å²) in [6.07, 6.45) is 0. The minimum atomic E-state index is -4.82. The maximum absolute atomic E-state index is 12.1. The number of azo groups is 2. The van der Waals surface area contributed by atoms with Gasteiger partial charge < -0.3 is 20.3 Å². The molecule has 0 unspecified atom stereocenters. The van der Waals surface area contributed by atoms with Crippen LogP contribution in [0.2, 0.25) is 0 Å². The highest BCUT2D eigenvalue weighted by Gasteiger charge is 2.22. The van der Waals surface area contributed by atoms with Crippen molar-refractivity contribution < 1.29 is 40.5 Å². The Balaban J connectivity index is 1.76. The summed E-state index contributed by atoms with van der Waals surface area (Å²) in [5.74, 6) is -0.311. The number of aromatic hydroxyl groups is 1. The summed E-state index contributed by atoms with van der Waals surface area (Å²) in [6, 6.07) is 13.2. The molecule has 4 aromatic carbocycles. The molecule has 4 rings (SSSR count). The van der Waals surface area contributed by atoms with E-state index >= 15 is 0 Å². The number of phenolic OH excluding ortho intramolecular Hbond substituents is 1. The third kappa shape index (κ3) is 5.99. The van der Waals surface area contributed by atoms with Gasteiger partial charge in [-0.25, -0.2) is 0 Å². The van der Waals surface area contributed by atoms with E-state index in [1.165, 1.54) is 56.7 Å². The maximum atomic E-state index is 12.1. The third-order valence-electron chi connectivity index (χ3n) is 5.50. The van der Waals surface area contributed by atoms with Crippen LogP contribution in [-0.4, -0.2) is 45.3 Å². The molecule has 0 spiro atoms. The van der Waals surface area contributed by atoms with Gasteiger partial charge in [-0.3, -0.25) is 9.11 Å². The first-order chi connectivity index (χ1) is 18.8. The molecule has 0 saturated carbocycles. The molecule has 0 bridgehead atoms. The molecule has 40 heavy (non-hydrogen) atoms. The Hall–Kier alpha value is -4.64. The SMILES string of the molecule is COc1cc(/N=N/c2c(S(=O)(=O)O)cc3ccc(N)cc3c2O)c(OC)cc1/N=N/c1ccc(S(=O)(=O)O)cc1. The first-order valence-electron chi connectivity index (χ1n) is 11.0. The van der Waals surface area contributed by atoms with Crippen LogP contribution in [0.3, 0.4) is 0 Å². The molecule has 0 saturated heterocycles. The zero-order valence-electron chi connectivity index (χ0n) is 20.7. The van der Waals surface area contributed by atoms with E-state index in [4.69, 9.17) is 19.8 Å². The van der Waals surface area contributed by atoms with Crippen LogP contribution in [0.25, 0.3) is 10.8 Å². The highest BCUT2D eigenvalue weighted by atomic mass is 32.2. The molecule has 0 aliphatic rings. The lowest BCUT2D eigenvalue weighted by molar-refractivity contribution is 0.405. The van der Waals surface area contributed by atoms with Crippen LogP contribution in [0.5, 0.6) is 17.2 Å². The number of methoxy groups -OCH3 is 2. The molecule has 14 nitrogen and oxygen atoms in total. The lowest BCUT2D eigenvalue weighted by atomic mass is 10.1. The normalized spacial score (nSPS) is 12.4. The molecule has 0 aliphatic heterocycles. The van der Waals surface area contributed by atoms with Crippen LogP contribution >= 0.6 is 0 Å². The van der Waals surface area contributed by atoms with Gasteiger partial charge in [0.2, 0.25) is 0 Å². The monoisotopic (exact) mass is 587 g/mol. The molecule has 0 heterocycles. The third-order valence-corrected chi connectivity index (χ3v) is 7.24. The maximum Gasteiger partial charge on any atom is 0.296 e. The molecule has 0 atom stereocenters. The largest absolute Gasteiger partial charge is 0.505 e. The van der Waals surface area contributed by atoms with Crippen LogP contribution < -0.4 is 15.2 Å². The second kappa shape index (κ2) is 10.9. The van der Waals surface area contributed by atoms with Crippen molar-refractivity contribution >= 4 is 59.4 Å². The number of nitrogens with two attached hydrogens (primary N) is 1. The number of anilines is 1. The number of benzene rings is 4. The Morgan fingerprint density at radius 2 is 1.30 bits per heavy atom. The molecule has 5 N–H and O–H groups in total. The molecule has 16 heteroatoms. The quantitative estimate of drug-likeness (QED) is 0.115. The van der Waals surface area contributed by atoms with Gasteiger partial charge in [0.1, 0.15) is 33.5 Å². The molecule has 0 aromatic heterocycles. The number of phenols is 1. The Kier molecular flexibility index (Phi) is 7.70.